The minimum absolute atomic E-state index is 0.580. The van der Waals surface area contributed by atoms with E-state index in [0.717, 1.165) is 77.3 Å². The molecule has 4 aromatic heterocycles. The van der Waals surface area contributed by atoms with Crippen molar-refractivity contribution in [2.24, 2.45) is 0 Å². The Kier molecular flexibility index (Phi) is 6.83. The van der Waals surface area contributed by atoms with Gasteiger partial charge in [-0.25, -0.2) is 15.0 Å². The summed E-state index contributed by atoms with van der Waals surface area (Å²) in [4.78, 5) is 15.2. The summed E-state index contributed by atoms with van der Waals surface area (Å²) in [6, 6.07) is 62.8. The molecule has 6 heteroatoms. The Hall–Kier alpha value is -7.83. The highest BCUT2D eigenvalue weighted by molar-refractivity contribution is 6.13. The second-order valence-corrected chi connectivity index (χ2v) is 14.4. The van der Waals surface area contributed by atoms with Gasteiger partial charge in [-0.1, -0.05) is 115 Å². The number of fused-ring (bicyclic) bond motifs is 9. The highest BCUT2D eigenvalue weighted by atomic mass is 16.3. The second-order valence-electron chi connectivity index (χ2n) is 14.4. The summed E-state index contributed by atoms with van der Waals surface area (Å²) in [5, 5.41) is 6.45. The predicted molar refractivity (Wildman–Crippen MR) is 230 cm³/mol. The van der Waals surface area contributed by atoms with Gasteiger partial charge in [0, 0.05) is 60.8 Å². The lowest BCUT2D eigenvalue weighted by atomic mass is 10.0. The first-order valence-corrected chi connectivity index (χ1v) is 19.0. The van der Waals surface area contributed by atoms with Crippen molar-refractivity contribution in [3.8, 4) is 51.0 Å². The van der Waals surface area contributed by atoms with E-state index in [-0.39, 0.29) is 0 Å². The Balaban J connectivity index is 1.00. The molecule has 0 N–H and O–H groups in total. The maximum atomic E-state index is 6.57. The van der Waals surface area contributed by atoms with Gasteiger partial charge >= 0.3 is 0 Å². The average molecular weight is 731 g/mol. The number of hydrogen-bond acceptors (Lipinski definition) is 5. The van der Waals surface area contributed by atoms with Crippen LogP contribution >= 0.6 is 0 Å². The molecule has 12 aromatic rings. The number of aromatic nitrogens is 4. The summed E-state index contributed by atoms with van der Waals surface area (Å²) in [6.45, 7) is 0. The van der Waals surface area contributed by atoms with E-state index in [9.17, 15) is 0 Å². The quantitative estimate of drug-likeness (QED) is 0.176. The van der Waals surface area contributed by atoms with E-state index in [1.807, 2.05) is 72.8 Å². The van der Waals surface area contributed by atoms with E-state index >= 15 is 0 Å². The number of furan rings is 2. The average Bonchev–Trinajstić information content (AvgIpc) is 3.95. The first-order chi connectivity index (χ1) is 28.2. The first kappa shape index (κ1) is 31.5. The van der Waals surface area contributed by atoms with Gasteiger partial charge in [0.2, 0.25) is 0 Å². The summed E-state index contributed by atoms with van der Waals surface area (Å²) in [6.07, 6.45) is 0. The van der Waals surface area contributed by atoms with Crippen LogP contribution in [0.1, 0.15) is 0 Å². The second kappa shape index (κ2) is 12.3. The number of nitrogens with zero attached hydrogens (tertiary/aromatic N) is 4. The van der Waals surface area contributed by atoms with E-state index in [0.29, 0.717) is 17.5 Å². The molecule has 0 saturated carbocycles. The molecule has 0 saturated heterocycles. The van der Waals surface area contributed by atoms with Crippen LogP contribution in [0.25, 0.3) is 117 Å². The van der Waals surface area contributed by atoms with Gasteiger partial charge in [-0.2, -0.15) is 0 Å². The Morgan fingerprint density at radius 3 is 1.82 bits per heavy atom. The van der Waals surface area contributed by atoms with Crippen LogP contribution in [0.3, 0.4) is 0 Å². The van der Waals surface area contributed by atoms with Gasteiger partial charge in [0.05, 0.1) is 11.0 Å². The number of para-hydroxylation sites is 2. The molecule has 6 nitrogen and oxygen atoms in total. The van der Waals surface area contributed by atoms with Crippen LogP contribution in [0.5, 0.6) is 0 Å². The lowest BCUT2D eigenvalue weighted by molar-refractivity contribution is 0.668. The molecule has 0 amide bonds. The molecule has 0 fully saturated rings. The molecule has 0 spiro atoms. The zero-order valence-electron chi connectivity index (χ0n) is 30.4. The maximum Gasteiger partial charge on any atom is 0.164 e. The van der Waals surface area contributed by atoms with Crippen molar-refractivity contribution >= 4 is 65.7 Å². The molecular weight excluding hydrogens is 701 g/mol. The predicted octanol–water partition coefficient (Wildman–Crippen LogP) is 13.4. The van der Waals surface area contributed by atoms with Gasteiger partial charge in [0.1, 0.15) is 22.3 Å². The fraction of sp³-hybridized carbons (Fsp3) is 0. The molecular formula is C51H30N4O2. The van der Waals surface area contributed by atoms with Crippen LogP contribution in [0.4, 0.5) is 0 Å². The topological polar surface area (TPSA) is 69.9 Å². The summed E-state index contributed by atoms with van der Waals surface area (Å²) in [5.74, 6) is 1.76. The van der Waals surface area contributed by atoms with Crippen molar-refractivity contribution in [1.82, 2.24) is 19.5 Å². The number of benzene rings is 8. The summed E-state index contributed by atoms with van der Waals surface area (Å²) < 4.78 is 15.1. The van der Waals surface area contributed by atoms with Crippen molar-refractivity contribution in [2.75, 3.05) is 0 Å². The fourth-order valence-electron chi connectivity index (χ4n) is 8.41. The van der Waals surface area contributed by atoms with Gasteiger partial charge in [-0.05, 0) is 71.8 Å². The molecule has 4 heterocycles. The Labute approximate surface area is 325 Å². The van der Waals surface area contributed by atoms with Crippen LogP contribution < -0.4 is 0 Å². The smallest absolute Gasteiger partial charge is 0.164 e. The molecule has 12 rings (SSSR count). The van der Waals surface area contributed by atoms with Crippen LogP contribution in [0.15, 0.2) is 191 Å². The minimum atomic E-state index is 0.580. The fourth-order valence-corrected chi connectivity index (χ4v) is 8.41. The molecule has 0 aliphatic heterocycles. The third kappa shape index (κ3) is 5.01. The molecule has 8 aromatic carbocycles. The van der Waals surface area contributed by atoms with E-state index in [1.54, 1.807) is 0 Å². The van der Waals surface area contributed by atoms with Crippen LogP contribution in [0, 0.1) is 0 Å². The Bertz CT molecular complexity index is 3530. The first-order valence-electron chi connectivity index (χ1n) is 19.0. The highest BCUT2D eigenvalue weighted by Gasteiger charge is 2.20. The van der Waals surface area contributed by atoms with Gasteiger partial charge < -0.3 is 13.4 Å². The molecule has 0 aliphatic rings. The largest absolute Gasteiger partial charge is 0.456 e. The number of rotatable bonds is 5. The van der Waals surface area contributed by atoms with Gasteiger partial charge in [0.15, 0.2) is 17.5 Å². The lowest BCUT2D eigenvalue weighted by Crippen LogP contribution is -2.00. The van der Waals surface area contributed by atoms with Crippen molar-refractivity contribution in [3.05, 3.63) is 182 Å². The maximum absolute atomic E-state index is 6.57. The van der Waals surface area contributed by atoms with Crippen LogP contribution in [-0.2, 0) is 0 Å². The molecule has 57 heavy (non-hydrogen) atoms. The summed E-state index contributed by atoms with van der Waals surface area (Å²) in [5.41, 5.74) is 11.6. The molecule has 0 bridgehead atoms. The van der Waals surface area contributed by atoms with Crippen molar-refractivity contribution in [2.45, 2.75) is 0 Å². The Morgan fingerprint density at radius 2 is 0.965 bits per heavy atom. The normalized spacial score (nSPS) is 11.9. The van der Waals surface area contributed by atoms with Gasteiger partial charge in [-0.3, -0.25) is 0 Å². The highest BCUT2D eigenvalue weighted by Crippen LogP contribution is 2.39. The summed E-state index contributed by atoms with van der Waals surface area (Å²) in [7, 11) is 0. The van der Waals surface area contributed by atoms with Crippen molar-refractivity contribution < 1.29 is 8.83 Å². The zero-order valence-corrected chi connectivity index (χ0v) is 30.4. The van der Waals surface area contributed by atoms with E-state index in [4.69, 9.17) is 23.8 Å². The van der Waals surface area contributed by atoms with E-state index in [1.165, 1.54) is 21.9 Å². The molecule has 0 atom stereocenters. The zero-order chi connectivity index (χ0) is 37.5. The van der Waals surface area contributed by atoms with Crippen molar-refractivity contribution in [1.29, 1.82) is 0 Å². The SMILES string of the molecule is c1ccc(-c2ccc3c(c2)c2ccccc2n3-c2ccc3c(c2)oc2ccc(-c4nc(-c5ccccc5)nc(-c5cccc6oc7ccccc7c56)n4)cc23)cc1. The molecule has 0 radical (unpaired) electrons. The monoisotopic (exact) mass is 730 g/mol. The van der Waals surface area contributed by atoms with E-state index in [2.05, 4.69) is 114 Å². The third-order valence-electron chi connectivity index (χ3n) is 11.1. The van der Waals surface area contributed by atoms with Crippen LogP contribution in [-0.4, -0.2) is 19.5 Å². The molecule has 0 aliphatic carbocycles. The Morgan fingerprint density at radius 1 is 0.333 bits per heavy atom. The number of hydrogen-bond donors (Lipinski definition) is 0. The minimum Gasteiger partial charge on any atom is -0.456 e. The summed E-state index contributed by atoms with van der Waals surface area (Å²) >= 11 is 0. The molecule has 0 unspecified atom stereocenters. The lowest BCUT2D eigenvalue weighted by Gasteiger charge is -2.09. The van der Waals surface area contributed by atoms with Crippen LogP contribution in [0.2, 0.25) is 0 Å². The third-order valence-corrected chi connectivity index (χ3v) is 11.1. The van der Waals surface area contributed by atoms with Crippen molar-refractivity contribution in [3.63, 3.8) is 0 Å². The molecule has 266 valence electrons. The standard InChI is InChI=1S/C51H30N4O2/c1-3-12-31(13-4-1)33-22-26-43-40(28-33)36-16-7-9-19-42(36)55(43)35-24-25-37-41-29-34(23-27-45(41)57-47(37)30-35)50-52-49(32-14-5-2-6-15-32)53-51(54-50)39-18-11-21-46-48(39)38-17-8-10-20-44(38)56-46/h1-30H. The van der Waals surface area contributed by atoms with E-state index < -0.39 is 0 Å². The van der Waals surface area contributed by atoms with Gasteiger partial charge in [-0.15, -0.1) is 0 Å². The van der Waals surface area contributed by atoms with Gasteiger partial charge in [0.25, 0.3) is 0 Å².